The zero-order valence-electron chi connectivity index (χ0n) is 17.3. The lowest BCUT2D eigenvalue weighted by atomic mass is 10.2. The fourth-order valence-corrected chi connectivity index (χ4v) is 4.18. The van der Waals surface area contributed by atoms with Crippen LogP contribution in [-0.2, 0) is 9.53 Å². The van der Waals surface area contributed by atoms with E-state index in [4.69, 9.17) is 4.74 Å². The van der Waals surface area contributed by atoms with E-state index in [1.807, 2.05) is 53.4 Å². The van der Waals surface area contributed by atoms with E-state index in [2.05, 4.69) is 10.4 Å². The van der Waals surface area contributed by atoms with Crippen molar-refractivity contribution in [2.24, 2.45) is 0 Å². The highest BCUT2D eigenvalue weighted by molar-refractivity contribution is 5.96. The molecule has 30 heavy (non-hydrogen) atoms. The average molecular weight is 406 g/mol. The van der Waals surface area contributed by atoms with Crippen LogP contribution >= 0.6 is 0 Å². The number of rotatable bonds is 6. The third-order valence-electron chi connectivity index (χ3n) is 5.61. The second-order valence-corrected chi connectivity index (χ2v) is 7.68. The molecule has 1 N–H and O–H groups in total. The lowest BCUT2D eigenvalue weighted by molar-refractivity contribution is -0.119. The van der Waals surface area contributed by atoms with Gasteiger partial charge in [0.15, 0.2) is 6.61 Å². The predicted molar refractivity (Wildman–Crippen MR) is 114 cm³/mol. The molecular formula is C23H26N4O3. The van der Waals surface area contributed by atoms with Crippen molar-refractivity contribution >= 4 is 17.7 Å². The molecule has 0 atom stereocenters. The second kappa shape index (κ2) is 8.57. The summed E-state index contributed by atoms with van der Waals surface area (Å²) in [5, 5.41) is 7.15. The number of carbonyl (C=O) groups excluding carboxylic acids is 2. The number of aromatic nitrogens is 3. The first-order chi connectivity index (χ1) is 14.5. The summed E-state index contributed by atoms with van der Waals surface area (Å²) in [7, 11) is 0. The number of anilines is 1. The molecule has 0 saturated heterocycles. The van der Waals surface area contributed by atoms with Gasteiger partial charge in [0.1, 0.15) is 5.82 Å². The van der Waals surface area contributed by atoms with Gasteiger partial charge in [0.2, 0.25) is 0 Å². The van der Waals surface area contributed by atoms with Crippen LogP contribution in [0.15, 0.2) is 48.7 Å². The van der Waals surface area contributed by atoms with Gasteiger partial charge in [-0.25, -0.2) is 9.48 Å². The summed E-state index contributed by atoms with van der Waals surface area (Å²) < 4.78 is 9.15. The minimum Gasteiger partial charge on any atom is -0.452 e. The van der Waals surface area contributed by atoms with Gasteiger partial charge in [0.25, 0.3) is 5.91 Å². The summed E-state index contributed by atoms with van der Waals surface area (Å²) in [6.07, 6.45) is 6.17. The van der Waals surface area contributed by atoms with Crippen molar-refractivity contribution in [3.63, 3.8) is 0 Å². The molecule has 0 radical (unpaired) electrons. The maximum Gasteiger partial charge on any atom is 0.340 e. The van der Waals surface area contributed by atoms with E-state index in [0.717, 1.165) is 29.9 Å². The Hall–Kier alpha value is -3.35. The van der Waals surface area contributed by atoms with Gasteiger partial charge in [0, 0.05) is 23.1 Å². The van der Waals surface area contributed by atoms with Gasteiger partial charge in [-0.15, -0.1) is 0 Å². The molecule has 1 fully saturated rings. The standard InChI is InChI=1S/C23H26N4O3/c1-16-14-20(17(2)26(16)18-8-4-3-5-9-18)23(29)30-15-22(28)25-21-12-13-24-27(21)19-10-6-7-11-19/h3-5,8-9,12-14,19H,6-7,10-11,15H2,1-2H3,(H,25,28). The van der Waals surface area contributed by atoms with E-state index in [1.165, 1.54) is 12.8 Å². The van der Waals surface area contributed by atoms with E-state index in [-0.39, 0.29) is 12.5 Å². The van der Waals surface area contributed by atoms with Gasteiger partial charge in [0.05, 0.1) is 17.8 Å². The van der Waals surface area contributed by atoms with Crippen molar-refractivity contribution in [1.82, 2.24) is 14.3 Å². The Morgan fingerprint density at radius 3 is 2.60 bits per heavy atom. The maximum atomic E-state index is 12.6. The molecule has 7 nitrogen and oxygen atoms in total. The van der Waals surface area contributed by atoms with E-state index >= 15 is 0 Å². The summed E-state index contributed by atoms with van der Waals surface area (Å²) in [5.41, 5.74) is 3.14. The fraction of sp³-hybridized carbons (Fsp3) is 0.348. The highest BCUT2D eigenvalue weighted by Gasteiger charge is 2.22. The highest BCUT2D eigenvalue weighted by Crippen LogP contribution is 2.31. The molecule has 0 bridgehead atoms. The van der Waals surface area contributed by atoms with Crippen LogP contribution in [0.4, 0.5) is 5.82 Å². The Morgan fingerprint density at radius 2 is 1.87 bits per heavy atom. The van der Waals surface area contributed by atoms with Crippen molar-refractivity contribution in [1.29, 1.82) is 0 Å². The molecule has 1 saturated carbocycles. The third kappa shape index (κ3) is 4.01. The molecule has 2 aromatic heterocycles. The average Bonchev–Trinajstić information content (AvgIpc) is 3.47. The van der Waals surface area contributed by atoms with Crippen LogP contribution in [0, 0.1) is 13.8 Å². The monoisotopic (exact) mass is 406 g/mol. The summed E-state index contributed by atoms with van der Waals surface area (Å²) in [6, 6.07) is 13.7. The number of nitrogens with zero attached hydrogens (tertiary/aromatic N) is 3. The Bertz CT molecular complexity index is 1050. The number of ether oxygens (including phenoxy) is 1. The minimum atomic E-state index is -0.510. The number of hydrogen-bond acceptors (Lipinski definition) is 4. The molecule has 0 aliphatic heterocycles. The van der Waals surface area contributed by atoms with Crippen LogP contribution in [0.3, 0.4) is 0 Å². The Balaban J connectivity index is 1.40. The van der Waals surface area contributed by atoms with Gasteiger partial charge in [-0.1, -0.05) is 31.0 Å². The second-order valence-electron chi connectivity index (χ2n) is 7.68. The minimum absolute atomic E-state index is 0.321. The van der Waals surface area contributed by atoms with Gasteiger partial charge in [-0.3, -0.25) is 4.79 Å². The number of esters is 1. The molecule has 1 aliphatic carbocycles. The third-order valence-corrected chi connectivity index (χ3v) is 5.61. The Kier molecular flexibility index (Phi) is 5.70. The predicted octanol–water partition coefficient (Wildman–Crippen LogP) is 4.20. The largest absolute Gasteiger partial charge is 0.452 e. The summed E-state index contributed by atoms with van der Waals surface area (Å²) >= 11 is 0. The van der Waals surface area contributed by atoms with Crippen LogP contribution < -0.4 is 5.32 Å². The number of hydrogen-bond donors (Lipinski definition) is 1. The van der Waals surface area contributed by atoms with Crippen molar-refractivity contribution in [3.05, 3.63) is 65.6 Å². The van der Waals surface area contributed by atoms with Gasteiger partial charge in [-0.2, -0.15) is 5.10 Å². The zero-order chi connectivity index (χ0) is 21.1. The normalized spacial score (nSPS) is 14.1. The molecule has 0 spiro atoms. The molecule has 3 aromatic rings. The molecule has 7 heteroatoms. The van der Waals surface area contributed by atoms with Crippen LogP contribution in [0.25, 0.3) is 5.69 Å². The van der Waals surface area contributed by atoms with Gasteiger partial charge in [-0.05, 0) is 44.9 Å². The number of para-hydroxylation sites is 1. The summed E-state index contributed by atoms with van der Waals surface area (Å²) in [4.78, 5) is 25.0. The SMILES string of the molecule is Cc1cc(C(=O)OCC(=O)Nc2ccnn2C2CCCC2)c(C)n1-c1ccccc1. The van der Waals surface area contributed by atoms with Crippen molar-refractivity contribution in [3.8, 4) is 5.69 Å². The molecule has 1 aromatic carbocycles. The zero-order valence-corrected chi connectivity index (χ0v) is 17.3. The van der Waals surface area contributed by atoms with Gasteiger partial charge >= 0.3 is 5.97 Å². The molecule has 4 rings (SSSR count). The molecule has 1 aliphatic rings. The lowest BCUT2D eigenvalue weighted by Crippen LogP contribution is -2.23. The maximum absolute atomic E-state index is 12.6. The topological polar surface area (TPSA) is 78.2 Å². The van der Waals surface area contributed by atoms with E-state index < -0.39 is 5.97 Å². The van der Waals surface area contributed by atoms with Crippen LogP contribution in [-0.4, -0.2) is 32.8 Å². The Labute approximate surface area is 175 Å². The van der Waals surface area contributed by atoms with Crippen molar-refractivity contribution in [2.45, 2.75) is 45.6 Å². The quantitative estimate of drug-likeness (QED) is 0.622. The van der Waals surface area contributed by atoms with E-state index in [0.29, 0.717) is 17.4 Å². The molecule has 0 unspecified atom stereocenters. The number of aryl methyl sites for hydroxylation is 1. The first-order valence-electron chi connectivity index (χ1n) is 10.3. The number of carbonyl (C=O) groups is 2. The smallest absolute Gasteiger partial charge is 0.340 e. The number of amides is 1. The first-order valence-corrected chi connectivity index (χ1v) is 10.3. The number of benzene rings is 1. The molecule has 156 valence electrons. The van der Waals surface area contributed by atoms with E-state index in [9.17, 15) is 9.59 Å². The van der Waals surface area contributed by atoms with Crippen LogP contribution in [0.2, 0.25) is 0 Å². The first kappa shape index (κ1) is 19.9. The lowest BCUT2D eigenvalue weighted by Gasteiger charge is -2.14. The van der Waals surface area contributed by atoms with Crippen molar-refractivity contribution < 1.29 is 14.3 Å². The van der Waals surface area contributed by atoms with Gasteiger partial charge < -0.3 is 14.6 Å². The number of nitrogens with one attached hydrogen (secondary N) is 1. The molecule has 1 amide bonds. The molecular weight excluding hydrogens is 380 g/mol. The van der Waals surface area contributed by atoms with Crippen molar-refractivity contribution in [2.75, 3.05) is 11.9 Å². The van der Waals surface area contributed by atoms with E-state index in [1.54, 1.807) is 18.3 Å². The van der Waals surface area contributed by atoms with Crippen LogP contribution in [0.1, 0.15) is 53.5 Å². The highest BCUT2D eigenvalue weighted by atomic mass is 16.5. The fourth-order valence-electron chi connectivity index (χ4n) is 4.18. The van der Waals surface area contributed by atoms with Crippen LogP contribution in [0.5, 0.6) is 0 Å². The Morgan fingerprint density at radius 1 is 1.13 bits per heavy atom. The summed E-state index contributed by atoms with van der Waals surface area (Å²) in [6.45, 7) is 3.47. The summed E-state index contributed by atoms with van der Waals surface area (Å²) in [5.74, 6) is -0.241. The molecule has 2 heterocycles.